The van der Waals surface area contributed by atoms with Crippen LogP contribution in [0.5, 0.6) is 0 Å². The summed E-state index contributed by atoms with van der Waals surface area (Å²) in [4.78, 5) is 15.7. The topological polar surface area (TPSA) is 59.4 Å². The molecule has 0 spiro atoms. The number of thiazole rings is 1. The van der Waals surface area contributed by atoms with Crippen LogP contribution in [0.2, 0.25) is 0 Å². The van der Waals surface area contributed by atoms with Gasteiger partial charge in [-0.1, -0.05) is 6.07 Å². The second kappa shape index (κ2) is 3.51. The van der Waals surface area contributed by atoms with E-state index in [1.807, 2.05) is 25.1 Å². The molecule has 88 valence electrons. The first-order chi connectivity index (χ1) is 8.12. The van der Waals surface area contributed by atoms with Crippen LogP contribution >= 0.6 is 11.3 Å². The van der Waals surface area contributed by atoms with Gasteiger partial charge in [-0.15, -0.1) is 11.3 Å². The van der Waals surface area contributed by atoms with E-state index in [0.717, 1.165) is 20.8 Å². The predicted octanol–water partition coefficient (Wildman–Crippen LogP) is 1.96. The number of hydrogen-bond acceptors (Lipinski definition) is 4. The molecule has 0 saturated carbocycles. The smallest absolute Gasteiger partial charge is 0.318 e. The Morgan fingerprint density at radius 1 is 1.53 bits per heavy atom. The number of aromatic nitrogens is 1. The number of carboxylic acid groups (broad SMARTS) is 1. The van der Waals surface area contributed by atoms with Crippen molar-refractivity contribution in [3.63, 3.8) is 0 Å². The molecular weight excluding hydrogens is 238 g/mol. The maximum absolute atomic E-state index is 11.4. The number of ether oxygens (including phenoxy) is 1. The lowest BCUT2D eigenvalue weighted by atomic mass is 9.79. The summed E-state index contributed by atoms with van der Waals surface area (Å²) in [7, 11) is 0. The molecule has 5 heteroatoms. The van der Waals surface area contributed by atoms with Gasteiger partial charge in [0.25, 0.3) is 0 Å². The normalized spacial score (nSPS) is 17.9. The molecular formula is C12H11NO3S. The van der Waals surface area contributed by atoms with Crippen molar-refractivity contribution in [3.05, 3.63) is 28.8 Å². The number of carboxylic acids is 1. The number of rotatable bonds is 2. The minimum atomic E-state index is -0.855. The van der Waals surface area contributed by atoms with Crippen LogP contribution in [-0.2, 0) is 14.9 Å². The lowest BCUT2D eigenvalue weighted by Gasteiger charge is -2.37. The summed E-state index contributed by atoms with van der Waals surface area (Å²) >= 11 is 1.58. The van der Waals surface area contributed by atoms with Crippen LogP contribution in [0, 0.1) is 6.92 Å². The summed E-state index contributed by atoms with van der Waals surface area (Å²) < 4.78 is 6.11. The van der Waals surface area contributed by atoms with E-state index < -0.39 is 11.4 Å². The van der Waals surface area contributed by atoms with Crippen molar-refractivity contribution in [2.45, 2.75) is 12.3 Å². The summed E-state index contributed by atoms with van der Waals surface area (Å²) in [5, 5.41) is 10.3. The molecule has 1 fully saturated rings. The number of hydrogen-bond donors (Lipinski definition) is 1. The Balaban J connectivity index is 2.14. The zero-order chi connectivity index (χ0) is 12.0. The first-order valence-corrected chi connectivity index (χ1v) is 6.12. The van der Waals surface area contributed by atoms with E-state index >= 15 is 0 Å². The van der Waals surface area contributed by atoms with Gasteiger partial charge in [-0.2, -0.15) is 0 Å². The molecule has 2 heterocycles. The zero-order valence-corrected chi connectivity index (χ0v) is 10.1. The van der Waals surface area contributed by atoms with Gasteiger partial charge in [-0.25, -0.2) is 4.98 Å². The molecule has 0 bridgehead atoms. The molecule has 0 amide bonds. The summed E-state index contributed by atoms with van der Waals surface area (Å²) in [5.74, 6) is -0.815. The number of benzene rings is 1. The highest BCUT2D eigenvalue weighted by atomic mass is 32.1. The average Bonchev–Trinajstić information content (AvgIpc) is 2.54. The maximum atomic E-state index is 11.4. The van der Waals surface area contributed by atoms with Gasteiger partial charge in [0, 0.05) is 0 Å². The third kappa shape index (κ3) is 1.46. The molecule has 1 N–H and O–H groups in total. The quantitative estimate of drug-likeness (QED) is 0.883. The summed E-state index contributed by atoms with van der Waals surface area (Å²) in [6.45, 7) is 2.46. The molecule has 1 aliphatic heterocycles. The summed E-state index contributed by atoms with van der Waals surface area (Å²) in [6, 6.07) is 5.66. The molecule has 0 atom stereocenters. The van der Waals surface area contributed by atoms with Crippen LogP contribution in [-0.4, -0.2) is 29.3 Å². The van der Waals surface area contributed by atoms with Gasteiger partial charge >= 0.3 is 5.97 Å². The van der Waals surface area contributed by atoms with Crippen LogP contribution in [0.1, 0.15) is 10.6 Å². The van der Waals surface area contributed by atoms with E-state index in [0.29, 0.717) is 0 Å². The fourth-order valence-corrected chi connectivity index (χ4v) is 2.92. The Morgan fingerprint density at radius 3 is 2.88 bits per heavy atom. The van der Waals surface area contributed by atoms with Gasteiger partial charge in [0.05, 0.1) is 28.4 Å². The maximum Gasteiger partial charge on any atom is 0.318 e. The minimum absolute atomic E-state index is 0.256. The van der Waals surface area contributed by atoms with Crippen molar-refractivity contribution in [3.8, 4) is 0 Å². The summed E-state index contributed by atoms with van der Waals surface area (Å²) in [6.07, 6.45) is 0. The third-order valence-electron chi connectivity index (χ3n) is 3.15. The van der Waals surface area contributed by atoms with Crippen molar-refractivity contribution in [1.29, 1.82) is 0 Å². The van der Waals surface area contributed by atoms with Crippen LogP contribution in [0.3, 0.4) is 0 Å². The molecule has 1 saturated heterocycles. The fraction of sp³-hybridized carbons (Fsp3) is 0.333. The van der Waals surface area contributed by atoms with Gasteiger partial charge in [0.15, 0.2) is 0 Å². The number of aliphatic carboxylic acids is 1. The molecule has 0 unspecified atom stereocenters. The Bertz CT molecular complexity index is 601. The largest absolute Gasteiger partial charge is 0.480 e. The highest BCUT2D eigenvalue weighted by Gasteiger charge is 2.47. The van der Waals surface area contributed by atoms with Gasteiger partial charge in [-0.3, -0.25) is 4.79 Å². The van der Waals surface area contributed by atoms with E-state index in [-0.39, 0.29) is 13.2 Å². The zero-order valence-electron chi connectivity index (χ0n) is 9.27. The van der Waals surface area contributed by atoms with E-state index in [1.54, 1.807) is 11.3 Å². The van der Waals surface area contributed by atoms with E-state index in [2.05, 4.69) is 4.98 Å². The average molecular weight is 249 g/mol. The van der Waals surface area contributed by atoms with Crippen molar-refractivity contribution in [1.82, 2.24) is 4.98 Å². The van der Waals surface area contributed by atoms with Crippen molar-refractivity contribution in [2.24, 2.45) is 0 Å². The van der Waals surface area contributed by atoms with Crippen LogP contribution in [0.4, 0.5) is 0 Å². The molecule has 1 aromatic heterocycles. The number of nitrogens with zero attached hydrogens (tertiary/aromatic N) is 1. The molecule has 4 nitrogen and oxygen atoms in total. The van der Waals surface area contributed by atoms with Gasteiger partial charge in [0.1, 0.15) is 5.41 Å². The Hall–Kier alpha value is -1.46. The van der Waals surface area contributed by atoms with Crippen molar-refractivity contribution < 1.29 is 14.6 Å². The molecule has 1 aromatic carbocycles. The third-order valence-corrected chi connectivity index (χ3v) is 4.09. The Morgan fingerprint density at radius 2 is 2.29 bits per heavy atom. The van der Waals surface area contributed by atoms with Gasteiger partial charge in [0.2, 0.25) is 0 Å². The Kier molecular flexibility index (Phi) is 2.21. The summed E-state index contributed by atoms with van der Waals surface area (Å²) in [5.41, 5.74) is 0.885. The molecule has 0 radical (unpaired) electrons. The minimum Gasteiger partial charge on any atom is -0.480 e. The fourth-order valence-electron chi connectivity index (χ4n) is 2.06. The van der Waals surface area contributed by atoms with E-state index in [9.17, 15) is 9.90 Å². The highest BCUT2D eigenvalue weighted by Crippen LogP contribution is 2.35. The van der Waals surface area contributed by atoms with Crippen molar-refractivity contribution >= 4 is 27.5 Å². The second-order valence-electron chi connectivity index (χ2n) is 4.30. The molecule has 0 aliphatic carbocycles. The number of aryl methyl sites for hydroxylation is 1. The number of carbonyl (C=O) groups is 1. The monoisotopic (exact) mass is 249 g/mol. The molecule has 1 aliphatic rings. The lowest BCUT2D eigenvalue weighted by molar-refractivity contribution is -0.163. The van der Waals surface area contributed by atoms with Crippen molar-refractivity contribution in [2.75, 3.05) is 13.2 Å². The molecule has 3 rings (SSSR count). The predicted molar refractivity (Wildman–Crippen MR) is 64.5 cm³/mol. The lowest BCUT2D eigenvalue weighted by Crippen LogP contribution is -2.53. The first-order valence-electron chi connectivity index (χ1n) is 5.31. The second-order valence-corrected chi connectivity index (χ2v) is 5.53. The number of fused-ring (bicyclic) bond motifs is 1. The SMILES string of the molecule is Cc1nc2ccc(C3(C(=O)O)COC3)cc2s1. The standard InChI is InChI=1S/C12H11NO3S/c1-7-13-9-3-2-8(4-10(9)17-7)12(11(14)15)5-16-6-12/h2-4H,5-6H2,1H3,(H,14,15). The van der Waals surface area contributed by atoms with Crippen LogP contribution in [0.15, 0.2) is 18.2 Å². The van der Waals surface area contributed by atoms with E-state index in [4.69, 9.17) is 4.74 Å². The Labute approximate surface area is 102 Å². The first kappa shape index (κ1) is 10.7. The van der Waals surface area contributed by atoms with Gasteiger partial charge < -0.3 is 9.84 Å². The molecule has 17 heavy (non-hydrogen) atoms. The van der Waals surface area contributed by atoms with Crippen LogP contribution < -0.4 is 0 Å². The molecule has 2 aromatic rings. The highest BCUT2D eigenvalue weighted by molar-refractivity contribution is 7.18. The van der Waals surface area contributed by atoms with E-state index in [1.165, 1.54) is 0 Å². The van der Waals surface area contributed by atoms with Gasteiger partial charge in [-0.05, 0) is 24.6 Å². The van der Waals surface area contributed by atoms with Crippen LogP contribution in [0.25, 0.3) is 10.2 Å².